The maximum atomic E-state index is 12.2. The van der Waals surface area contributed by atoms with Gasteiger partial charge in [0.15, 0.2) is 0 Å². The monoisotopic (exact) mass is 207 g/mol. The summed E-state index contributed by atoms with van der Waals surface area (Å²) in [5.74, 6) is -0.839. The fourth-order valence-electron chi connectivity index (χ4n) is 0.944. The number of phenolic OH excluding ortho intramolecular Hbond substituents is 1. The van der Waals surface area contributed by atoms with Crippen LogP contribution in [-0.4, -0.2) is 12.2 Å². The van der Waals surface area contributed by atoms with E-state index in [2.05, 4.69) is 4.74 Å². The molecule has 0 fully saturated rings. The van der Waals surface area contributed by atoms with Crippen molar-refractivity contribution in [3.8, 4) is 11.5 Å². The number of aromatic hydroxyl groups is 1. The SMILES string of the molecule is COc1cc(C(F)(F)F)cc(O)c1N. The van der Waals surface area contributed by atoms with Crippen molar-refractivity contribution < 1.29 is 23.0 Å². The van der Waals surface area contributed by atoms with Gasteiger partial charge in [-0.3, -0.25) is 0 Å². The maximum absolute atomic E-state index is 12.2. The van der Waals surface area contributed by atoms with Gasteiger partial charge >= 0.3 is 6.18 Å². The van der Waals surface area contributed by atoms with Crippen molar-refractivity contribution >= 4 is 5.69 Å². The average Bonchev–Trinajstić information content (AvgIpc) is 2.07. The number of rotatable bonds is 1. The Morgan fingerprint density at radius 3 is 2.36 bits per heavy atom. The molecule has 0 saturated heterocycles. The molecule has 0 radical (unpaired) electrons. The second kappa shape index (κ2) is 3.28. The molecule has 0 spiro atoms. The van der Waals surface area contributed by atoms with Crippen LogP contribution in [0.4, 0.5) is 18.9 Å². The van der Waals surface area contributed by atoms with Gasteiger partial charge in [0.05, 0.1) is 12.7 Å². The molecular weight excluding hydrogens is 199 g/mol. The Labute approximate surface area is 77.9 Å². The molecule has 1 aromatic rings. The molecule has 0 heterocycles. The first kappa shape index (κ1) is 10.5. The van der Waals surface area contributed by atoms with Crippen molar-refractivity contribution in [1.82, 2.24) is 0 Å². The zero-order valence-electron chi connectivity index (χ0n) is 7.22. The van der Waals surface area contributed by atoms with Gasteiger partial charge in [-0.2, -0.15) is 13.2 Å². The van der Waals surface area contributed by atoms with E-state index in [0.717, 1.165) is 6.07 Å². The van der Waals surface area contributed by atoms with Crippen molar-refractivity contribution in [1.29, 1.82) is 0 Å². The zero-order chi connectivity index (χ0) is 10.9. The van der Waals surface area contributed by atoms with Crippen LogP contribution in [0.1, 0.15) is 5.56 Å². The first-order chi connectivity index (χ1) is 6.36. The molecule has 0 unspecified atom stereocenters. The molecule has 3 nitrogen and oxygen atoms in total. The van der Waals surface area contributed by atoms with Crippen LogP contribution in [0.3, 0.4) is 0 Å². The molecule has 0 aromatic heterocycles. The Hall–Kier alpha value is -1.59. The summed E-state index contributed by atoms with van der Waals surface area (Å²) < 4.78 is 41.2. The third-order valence-electron chi connectivity index (χ3n) is 1.67. The number of hydrogen-bond donors (Lipinski definition) is 2. The minimum absolute atomic E-state index is 0.197. The van der Waals surface area contributed by atoms with Crippen LogP contribution in [0.25, 0.3) is 0 Å². The van der Waals surface area contributed by atoms with E-state index >= 15 is 0 Å². The lowest BCUT2D eigenvalue weighted by Gasteiger charge is -2.11. The maximum Gasteiger partial charge on any atom is 0.416 e. The highest BCUT2D eigenvalue weighted by Gasteiger charge is 2.32. The largest absolute Gasteiger partial charge is 0.506 e. The summed E-state index contributed by atoms with van der Waals surface area (Å²) in [6.07, 6.45) is -4.53. The summed E-state index contributed by atoms with van der Waals surface area (Å²) in [4.78, 5) is 0. The smallest absolute Gasteiger partial charge is 0.416 e. The van der Waals surface area contributed by atoms with Crippen LogP contribution in [0.2, 0.25) is 0 Å². The quantitative estimate of drug-likeness (QED) is 0.547. The van der Waals surface area contributed by atoms with Crippen molar-refractivity contribution in [3.05, 3.63) is 17.7 Å². The van der Waals surface area contributed by atoms with Gasteiger partial charge in [0.2, 0.25) is 0 Å². The van der Waals surface area contributed by atoms with E-state index in [4.69, 9.17) is 10.8 Å². The molecule has 0 saturated carbocycles. The normalized spacial score (nSPS) is 11.4. The first-order valence-corrected chi connectivity index (χ1v) is 3.60. The molecular formula is C8H8F3NO2. The van der Waals surface area contributed by atoms with Crippen LogP contribution >= 0.6 is 0 Å². The first-order valence-electron chi connectivity index (χ1n) is 3.60. The number of anilines is 1. The van der Waals surface area contributed by atoms with Gasteiger partial charge in [0, 0.05) is 0 Å². The summed E-state index contributed by atoms with van der Waals surface area (Å²) in [5, 5.41) is 9.07. The summed E-state index contributed by atoms with van der Waals surface area (Å²) in [7, 11) is 1.17. The lowest BCUT2D eigenvalue weighted by atomic mass is 10.1. The fourth-order valence-corrected chi connectivity index (χ4v) is 0.944. The molecule has 0 bridgehead atoms. The summed E-state index contributed by atoms with van der Waals surface area (Å²) in [6.45, 7) is 0. The molecule has 14 heavy (non-hydrogen) atoms. The van der Waals surface area contributed by atoms with Gasteiger partial charge in [-0.05, 0) is 12.1 Å². The molecule has 1 aromatic carbocycles. The van der Waals surface area contributed by atoms with Gasteiger partial charge in [-0.1, -0.05) is 0 Å². The Morgan fingerprint density at radius 2 is 1.93 bits per heavy atom. The molecule has 0 aliphatic rings. The Balaban J connectivity index is 3.30. The molecule has 0 amide bonds. The fraction of sp³-hybridized carbons (Fsp3) is 0.250. The van der Waals surface area contributed by atoms with Crippen LogP contribution in [0, 0.1) is 0 Å². The minimum Gasteiger partial charge on any atom is -0.506 e. The highest BCUT2D eigenvalue weighted by molar-refractivity contribution is 5.63. The number of nitrogens with two attached hydrogens (primary N) is 1. The van der Waals surface area contributed by atoms with E-state index in [-0.39, 0.29) is 11.4 Å². The number of methoxy groups -OCH3 is 1. The molecule has 0 aliphatic carbocycles. The van der Waals surface area contributed by atoms with Crippen LogP contribution in [-0.2, 0) is 6.18 Å². The Morgan fingerprint density at radius 1 is 1.36 bits per heavy atom. The van der Waals surface area contributed by atoms with Crippen LogP contribution < -0.4 is 10.5 Å². The number of phenols is 1. The number of alkyl halides is 3. The van der Waals surface area contributed by atoms with E-state index in [9.17, 15) is 13.2 Å². The van der Waals surface area contributed by atoms with E-state index in [1.807, 2.05) is 0 Å². The summed E-state index contributed by atoms with van der Waals surface area (Å²) in [5.41, 5.74) is 4.06. The van der Waals surface area contributed by atoms with Crippen LogP contribution in [0.15, 0.2) is 12.1 Å². The standard InChI is InChI=1S/C8H8F3NO2/c1-14-6-3-4(8(9,10)11)2-5(13)7(6)12/h2-3,13H,12H2,1H3. The molecule has 0 aliphatic heterocycles. The van der Waals surface area contributed by atoms with Gasteiger partial charge < -0.3 is 15.6 Å². The molecule has 0 atom stereocenters. The topological polar surface area (TPSA) is 55.5 Å². The lowest BCUT2D eigenvalue weighted by Crippen LogP contribution is -2.06. The van der Waals surface area contributed by atoms with Crippen LogP contribution in [0.5, 0.6) is 11.5 Å². The number of halogens is 3. The average molecular weight is 207 g/mol. The summed E-state index contributed by atoms with van der Waals surface area (Å²) in [6, 6.07) is 1.28. The molecule has 6 heteroatoms. The van der Waals surface area contributed by atoms with Gasteiger partial charge in [0.1, 0.15) is 17.2 Å². The van der Waals surface area contributed by atoms with Gasteiger partial charge in [0.25, 0.3) is 0 Å². The number of nitrogen functional groups attached to an aromatic ring is 1. The van der Waals surface area contributed by atoms with E-state index < -0.39 is 17.5 Å². The van der Waals surface area contributed by atoms with E-state index in [0.29, 0.717) is 6.07 Å². The highest BCUT2D eigenvalue weighted by atomic mass is 19.4. The minimum atomic E-state index is -4.53. The lowest BCUT2D eigenvalue weighted by molar-refractivity contribution is -0.137. The second-order valence-corrected chi connectivity index (χ2v) is 2.61. The van der Waals surface area contributed by atoms with E-state index in [1.165, 1.54) is 7.11 Å². The molecule has 78 valence electrons. The van der Waals surface area contributed by atoms with Gasteiger partial charge in [-0.25, -0.2) is 0 Å². The third kappa shape index (κ3) is 1.84. The molecule has 3 N–H and O–H groups in total. The predicted octanol–water partition coefficient (Wildman–Crippen LogP) is 2.00. The Kier molecular flexibility index (Phi) is 2.46. The second-order valence-electron chi connectivity index (χ2n) is 2.61. The highest BCUT2D eigenvalue weighted by Crippen LogP contribution is 2.38. The zero-order valence-corrected chi connectivity index (χ0v) is 7.22. The third-order valence-corrected chi connectivity index (χ3v) is 1.67. The van der Waals surface area contributed by atoms with Crippen molar-refractivity contribution in [2.75, 3.05) is 12.8 Å². The molecule has 1 rings (SSSR count). The number of ether oxygens (including phenoxy) is 1. The Bertz CT molecular complexity index is 349. The number of hydrogen-bond acceptors (Lipinski definition) is 3. The van der Waals surface area contributed by atoms with Gasteiger partial charge in [-0.15, -0.1) is 0 Å². The van der Waals surface area contributed by atoms with Crippen molar-refractivity contribution in [2.45, 2.75) is 6.18 Å². The predicted molar refractivity (Wildman–Crippen MR) is 44.1 cm³/mol. The number of benzene rings is 1. The van der Waals surface area contributed by atoms with Crippen molar-refractivity contribution in [2.24, 2.45) is 0 Å². The summed E-state index contributed by atoms with van der Waals surface area (Å²) >= 11 is 0. The van der Waals surface area contributed by atoms with Crippen molar-refractivity contribution in [3.63, 3.8) is 0 Å². The van der Waals surface area contributed by atoms with E-state index in [1.54, 1.807) is 0 Å².